The Morgan fingerprint density at radius 2 is 0.833 bits per heavy atom. The number of carboxylic acid groups (broad SMARTS) is 2. The van der Waals surface area contributed by atoms with Crippen LogP contribution in [0, 0.1) is 23.7 Å². The third kappa shape index (κ3) is 8.01. The molecule has 0 radical (unpaired) electrons. The molecule has 5 rings (SSSR count). The van der Waals surface area contributed by atoms with Gasteiger partial charge in [-0.1, -0.05) is 84.9 Å². The van der Waals surface area contributed by atoms with Crippen molar-refractivity contribution in [2.24, 2.45) is 23.7 Å². The second-order valence-electron chi connectivity index (χ2n) is 12.0. The summed E-state index contributed by atoms with van der Waals surface area (Å²) < 4.78 is 11.6. The number of rotatable bonds is 14. The van der Waals surface area contributed by atoms with Crippen LogP contribution in [0.1, 0.15) is 22.3 Å². The molecule has 1 saturated carbocycles. The maximum Gasteiger partial charge on any atom is 0.308 e. The van der Waals surface area contributed by atoms with Crippen LogP contribution in [0.5, 0.6) is 11.5 Å². The Kier molecular flexibility index (Phi) is 10.7. The lowest BCUT2D eigenvalue weighted by Crippen LogP contribution is -2.63. The van der Waals surface area contributed by atoms with Gasteiger partial charge < -0.3 is 29.5 Å². The lowest BCUT2D eigenvalue weighted by atomic mass is 9.55. The van der Waals surface area contributed by atoms with Gasteiger partial charge in [0, 0.05) is 27.2 Å². The Morgan fingerprint density at radius 3 is 1.15 bits per heavy atom. The van der Waals surface area contributed by atoms with Crippen LogP contribution in [0.25, 0.3) is 0 Å². The molecule has 0 atom stereocenters. The van der Waals surface area contributed by atoms with Gasteiger partial charge >= 0.3 is 11.9 Å². The Labute approximate surface area is 279 Å². The molecule has 4 aromatic carbocycles. The number of hydrogen-bond acceptors (Lipinski definition) is 6. The fraction of sp³-hybridized carbons (Fsp3) is 0.263. The first-order valence-corrected chi connectivity index (χ1v) is 15.6. The maximum atomic E-state index is 13.5. The number of nitrogens with zero attached hydrogens (tertiary/aromatic N) is 2. The molecular formula is C38H38N2O8. The number of ether oxygens (including phenoxy) is 2. The molecule has 1 fully saturated rings. The highest BCUT2D eigenvalue weighted by molar-refractivity contribution is 5.99. The lowest BCUT2D eigenvalue weighted by molar-refractivity contribution is -0.186. The molecule has 0 aliphatic heterocycles. The fourth-order valence-electron chi connectivity index (χ4n) is 6.05. The van der Waals surface area contributed by atoms with Gasteiger partial charge in [0.05, 0.1) is 23.7 Å². The number of benzene rings is 4. The third-order valence-electron chi connectivity index (χ3n) is 8.62. The first-order valence-electron chi connectivity index (χ1n) is 15.6. The third-order valence-corrected chi connectivity index (χ3v) is 8.62. The first-order chi connectivity index (χ1) is 23.1. The minimum absolute atomic E-state index is 0.122. The number of aliphatic carboxylic acids is 2. The molecule has 10 heteroatoms. The van der Waals surface area contributed by atoms with E-state index >= 15 is 0 Å². The van der Waals surface area contributed by atoms with Gasteiger partial charge in [0.15, 0.2) is 0 Å². The molecule has 2 N–H and O–H groups in total. The van der Waals surface area contributed by atoms with E-state index < -0.39 is 47.4 Å². The van der Waals surface area contributed by atoms with E-state index in [0.29, 0.717) is 24.7 Å². The van der Waals surface area contributed by atoms with Crippen molar-refractivity contribution in [2.75, 3.05) is 14.1 Å². The lowest BCUT2D eigenvalue weighted by Gasteiger charge is -2.47. The van der Waals surface area contributed by atoms with Gasteiger partial charge in [0.1, 0.15) is 24.7 Å². The van der Waals surface area contributed by atoms with E-state index in [9.17, 15) is 29.4 Å². The second kappa shape index (κ2) is 15.3. The zero-order chi connectivity index (χ0) is 34.2. The Morgan fingerprint density at radius 1 is 0.500 bits per heavy atom. The van der Waals surface area contributed by atoms with Crippen molar-refractivity contribution >= 4 is 23.8 Å². The van der Waals surface area contributed by atoms with E-state index in [4.69, 9.17) is 9.47 Å². The molecule has 0 spiro atoms. The van der Waals surface area contributed by atoms with Crippen LogP contribution in [0.4, 0.5) is 0 Å². The predicted octanol–water partition coefficient (Wildman–Crippen LogP) is 5.11. The summed E-state index contributed by atoms with van der Waals surface area (Å²) >= 11 is 0. The zero-order valence-electron chi connectivity index (χ0n) is 26.8. The van der Waals surface area contributed by atoms with Crippen LogP contribution in [0.3, 0.4) is 0 Å². The van der Waals surface area contributed by atoms with Crippen molar-refractivity contribution in [3.63, 3.8) is 0 Å². The molecule has 2 amide bonds. The fourth-order valence-corrected chi connectivity index (χ4v) is 6.05. The van der Waals surface area contributed by atoms with Crippen molar-refractivity contribution < 1.29 is 38.9 Å². The highest BCUT2D eigenvalue weighted by atomic mass is 16.5. The molecule has 4 aromatic rings. The number of carboxylic acids is 2. The molecule has 0 unspecified atom stereocenters. The predicted molar refractivity (Wildman–Crippen MR) is 177 cm³/mol. The average Bonchev–Trinajstić information content (AvgIpc) is 3.07. The van der Waals surface area contributed by atoms with Crippen molar-refractivity contribution in [2.45, 2.75) is 26.3 Å². The molecule has 1 aliphatic carbocycles. The average molecular weight is 651 g/mol. The van der Waals surface area contributed by atoms with Crippen LogP contribution in [0.15, 0.2) is 109 Å². The van der Waals surface area contributed by atoms with Gasteiger partial charge in [-0.2, -0.15) is 0 Å². The van der Waals surface area contributed by atoms with Crippen molar-refractivity contribution in [1.29, 1.82) is 0 Å². The summed E-state index contributed by atoms with van der Waals surface area (Å²) in [6.07, 6.45) is 0. The van der Waals surface area contributed by atoms with E-state index in [2.05, 4.69) is 0 Å². The standard InChI is InChI=1S/C38H38N2O8/c1-39(21-25-13-17-29(18-14-25)47-23-27-9-5-3-6-10-27)35(41)31-33(37(43)44)32(34(31)38(45)46)36(42)40(2)22-26-15-19-30(20-16-26)48-24-28-11-7-4-8-12-28/h3-20,31-34H,21-24H2,1-2H3,(H,43,44)(H,45,46). The summed E-state index contributed by atoms with van der Waals surface area (Å²) in [5, 5.41) is 20.2. The minimum Gasteiger partial charge on any atom is -0.489 e. The SMILES string of the molecule is CN(Cc1ccc(OCc2ccccc2)cc1)C(=O)C1C(C(=O)O)C(C(=O)N(C)Cc2ccc(OCc3ccccc3)cc2)C1C(=O)O. The van der Waals surface area contributed by atoms with Crippen LogP contribution in [-0.4, -0.2) is 57.9 Å². The van der Waals surface area contributed by atoms with Crippen LogP contribution in [0.2, 0.25) is 0 Å². The molecule has 48 heavy (non-hydrogen) atoms. The molecular weight excluding hydrogens is 612 g/mol. The van der Waals surface area contributed by atoms with E-state index in [1.165, 1.54) is 23.9 Å². The molecule has 0 saturated heterocycles. The van der Waals surface area contributed by atoms with Crippen molar-refractivity contribution in [3.05, 3.63) is 131 Å². The van der Waals surface area contributed by atoms with Gasteiger partial charge in [0.2, 0.25) is 11.8 Å². The topological polar surface area (TPSA) is 134 Å². The van der Waals surface area contributed by atoms with Crippen LogP contribution >= 0.6 is 0 Å². The largest absolute Gasteiger partial charge is 0.489 e. The summed E-state index contributed by atoms with van der Waals surface area (Å²) in [6.45, 7) is 1.05. The Hall–Kier alpha value is -5.64. The summed E-state index contributed by atoms with van der Waals surface area (Å²) in [5.41, 5.74) is 3.55. The monoisotopic (exact) mass is 650 g/mol. The molecule has 0 heterocycles. The van der Waals surface area contributed by atoms with E-state index in [0.717, 1.165) is 22.3 Å². The normalized spacial score (nSPS) is 18.2. The van der Waals surface area contributed by atoms with E-state index in [1.54, 1.807) is 48.5 Å². The van der Waals surface area contributed by atoms with Gasteiger partial charge in [-0.05, 0) is 46.5 Å². The van der Waals surface area contributed by atoms with Gasteiger partial charge in [-0.25, -0.2) is 0 Å². The van der Waals surface area contributed by atoms with E-state index in [-0.39, 0.29) is 13.1 Å². The first kappa shape index (κ1) is 33.7. The minimum atomic E-state index is -1.47. The van der Waals surface area contributed by atoms with Crippen molar-refractivity contribution in [1.82, 2.24) is 9.80 Å². The summed E-state index contributed by atoms with van der Waals surface area (Å²) in [5.74, 6) is -8.48. The highest BCUT2D eigenvalue weighted by Crippen LogP contribution is 2.48. The number of amides is 2. The highest BCUT2D eigenvalue weighted by Gasteiger charge is 2.64. The molecule has 1 aliphatic rings. The summed E-state index contributed by atoms with van der Waals surface area (Å²) in [4.78, 5) is 54.4. The summed E-state index contributed by atoms with van der Waals surface area (Å²) in [7, 11) is 2.99. The molecule has 0 aromatic heterocycles. The number of carbonyl (C=O) groups excluding carboxylic acids is 2. The smallest absolute Gasteiger partial charge is 0.308 e. The van der Waals surface area contributed by atoms with Gasteiger partial charge in [-0.15, -0.1) is 0 Å². The van der Waals surface area contributed by atoms with Gasteiger partial charge in [-0.3, -0.25) is 19.2 Å². The van der Waals surface area contributed by atoms with Crippen molar-refractivity contribution in [3.8, 4) is 11.5 Å². The zero-order valence-corrected chi connectivity index (χ0v) is 26.8. The molecule has 0 bridgehead atoms. The quantitative estimate of drug-likeness (QED) is 0.192. The number of hydrogen-bond donors (Lipinski definition) is 2. The van der Waals surface area contributed by atoms with Crippen LogP contribution in [-0.2, 0) is 45.5 Å². The number of carbonyl (C=O) groups is 4. The second-order valence-corrected chi connectivity index (χ2v) is 12.0. The Bertz CT molecular complexity index is 1570. The Balaban J connectivity index is 1.19. The summed E-state index contributed by atoms with van der Waals surface area (Å²) in [6, 6.07) is 33.7. The molecule has 248 valence electrons. The van der Waals surface area contributed by atoms with Crippen LogP contribution < -0.4 is 9.47 Å². The maximum absolute atomic E-state index is 13.5. The molecule has 10 nitrogen and oxygen atoms in total. The van der Waals surface area contributed by atoms with Gasteiger partial charge in [0.25, 0.3) is 0 Å². The van der Waals surface area contributed by atoms with E-state index in [1.807, 2.05) is 60.7 Å².